The first kappa shape index (κ1) is 14.8. The summed E-state index contributed by atoms with van der Waals surface area (Å²) < 4.78 is 26.2. The van der Waals surface area contributed by atoms with E-state index in [2.05, 4.69) is 5.32 Å². The molecule has 0 aliphatic carbocycles. The van der Waals surface area contributed by atoms with Crippen molar-refractivity contribution in [2.75, 3.05) is 0 Å². The van der Waals surface area contributed by atoms with Crippen molar-refractivity contribution in [3.63, 3.8) is 0 Å². The van der Waals surface area contributed by atoms with E-state index in [1.165, 1.54) is 13.8 Å². The predicted octanol–water partition coefficient (Wildman–Crippen LogP) is 2.00. The van der Waals surface area contributed by atoms with E-state index in [0.29, 0.717) is 0 Å². The van der Waals surface area contributed by atoms with Gasteiger partial charge < -0.3 is 10.4 Å². The number of carboxylic acid groups (broad SMARTS) is 1. The number of rotatable bonds is 4. The first-order valence-corrected chi connectivity index (χ1v) is 5.45. The van der Waals surface area contributed by atoms with Crippen LogP contribution in [0.5, 0.6) is 0 Å². The molecule has 4 nitrogen and oxygen atoms in total. The number of halogens is 2. The van der Waals surface area contributed by atoms with Crippen molar-refractivity contribution in [2.24, 2.45) is 0 Å². The lowest BCUT2D eigenvalue weighted by Gasteiger charge is -2.08. The molecule has 102 valence electrons. The van der Waals surface area contributed by atoms with E-state index in [-0.39, 0.29) is 23.3 Å². The van der Waals surface area contributed by atoms with Crippen molar-refractivity contribution < 1.29 is 23.5 Å². The molecule has 0 aliphatic heterocycles. The summed E-state index contributed by atoms with van der Waals surface area (Å²) in [6.07, 6.45) is 0. The maximum Gasteiger partial charge on any atom is 0.331 e. The zero-order valence-corrected chi connectivity index (χ0v) is 10.5. The SMILES string of the molecule is CC(C(=O)O)=C(C)C(=O)NCc1cc(F)ccc1F. The van der Waals surface area contributed by atoms with Gasteiger partial charge in [0.2, 0.25) is 5.91 Å². The molecule has 19 heavy (non-hydrogen) atoms. The maximum absolute atomic E-state index is 13.3. The Morgan fingerprint density at radius 2 is 1.84 bits per heavy atom. The molecular formula is C13H13F2NO3. The van der Waals surface area contributed by atoms with Gasteiger partial charge in [0.1, 0.15) is 11.6 Å². The van der Waals surface area contributed by atoms with Gasteiger partial charge in [-0.15, -0.1) is 0 Å². The third-order valence-electron chi connectivity index (χ3n) is 2.67. The Morgan fingerprint density at radius 1 is 1.21 bits per heavy atom. The maximum atomic E-state index is 13.3. The second-order valence-corrected chi connectivity index (χ2v) is 3.97. The molecule has 1 rings (SSSR count). The van der Waals surface area contributed by atoms with E-state index in [9.17, 15) is 18.4 Å². The molecule has 0 unspecified atom stereocenters. The standard InChI is InChI=1S/C13H13F2NO3/c1-7(8(2)13(18)19)12(17)16-6-9-5-10(14)3-4-11(9)15/h3-5H,6H2,1-2H3,(H,16,17)(H,18,19). The molecule has 0 atom stereocenters. The van der Waals surface area contributed by atoms with Crippen LogP contribution in [0.2, 0.25) is 0 Å². The smallest absolute Gasteiger partial charge is 0.331 e. The van der Waals surface area contributed by atoms with Crippen molar-refractivity contribution in [3.05, 3.63) is 46.5 Å². The number of carboxylic acids is 1. The minimum atomic E-state index is -1.20. The molecule has 6 heteroatoms. The zero-order valence-electron chi connectivity index (χ0n) is 10.5. The highest BCUT2D eigenvalue weighted by Crippen LogP contribution is 2.10. The average Bonchev–Trinajstić information content (AvgIpc) is 2.37. The molecular weight excluding hydrogens is 256 g/mol. The molecule has 0 aromatic heterocycles. The number of carbonyl (C=O) groups excluding carboxylic acids is 1. The lowest BCUT2D eigenvalue weighted by Crippen LogP contribution is -2.25. The summed E-state index contributed by atoms with van der Waals surface area (Å²) in [6.45, 7) is 2.42. The summed E-state index contributed by atoms with van der Waals surface area (Å²) in [5.41, 5.74) is -0.0874. The normalized spacial score (nSPS) is 11.8. The third-order valence-corrected chi connectivity index (χ3v) is 2.67. The van der Waals surface area contributed by atoms with Crippen LogP contribution in [0.3, 0.4) is 0 Å². The van der Waals surface area contributed by atoms with Gasteiger partial charge in [0.15, 0.2) is 0 Å². The molecule has 2 N–H and O–H groups in total. The van der Waals surface area contributed by atoms with E-state index in [1.807, 2.05) is 0 Å². The Balaban J connectivity index is 2.77. The minimum Gasteiger partial charge on any atom is -0.478 e. The fraction of sp³-hybridized carbons (Fsp3) is 0.231. The zero-order chi connectivity index (χ0) is 14.6. The van der Waals surface area contributed by atoms with E-state index in [4.69, 9.17) is 5.11 Å². The summed E-state index contributed by atoms with van der Waals surface area (Å²) in [6, 6.07) is 2.90. The van der Waals surface area contributed by atoms with Crippen LogP contribution in [0.4, 0.5) is 8.78 Å². The quantitative estimate of drug-likeness (QED) is 0.822. The van der Waals surface area contributed by atoms with Gasteiger partial charge in [-0.3, -0.25) is 4.79 Å². The number of amides is 1. The van der Waals surface area contributed by atoms with Crippen LogP contribution in [0.25, 0.3) is 0 Å². The second-order valence-electron chi connectivity index (χ2n) is 3.97. The van der Waals surface area contributed by atoms with Crippen LogP contribution < -0.4 is 5.32 Å². The Hall–Kier alpha value is -2.24. The van der Waals surface area contributed by atoms with Gasteiger partial charge in [0.25, 0.3) is 0 Å². The predicted molar refractivity (Wildman–Crippen MR) is 64.2 cm³/mol. The summed E-state index contributed by atoms with van der Waals surface area (Å²) in [7, 11) is 0. The monoisotopic (exact) mass is 269 g/mol. The Kier molecular flexibility index (Phi) is 4.74. The van der Waals surface area contributed by atoms with Crippen LogP contribution in [0.1, 0.15) is 19.4 Å². The lowest BCUT2D eigenvalue weighted by molar-refractivity contribution is -0.133. The first-order chi connectivity index (χ1) is 8.82. The molecule has 1 amide bonds. The van der Waals surface area contributed by atoms with Gasteiger partial charge in [-0.1, -0.05) is 0 Å². The summed E-state index contributed by atoms with van der Waals surface area (Å²) in [5.74, 6) is -3.09. The third kappa shape index (κ3) is 3.87. The Bertz CT molecular complexity index is 553. The van der Waals surface area contributed by atoms with E-state index in [1.54, 1.807) is 0 Å². The first-order valence-electron chi connectivity index (χ1n) is 5.45. The van der Waals surface area contributed by atoms with Gasteiger partial charge in [-0.05, 0) is 32.0 Å². The van der Waals surface area contributed by atoms with Crippen LogP contribution in [-0.4, -0.2) is 17.0 Å². The molecule has 0 aliphatic rings. The summed E-state index contributed by atoms with van der Waals surface area (Å²) in [4.78, 5) is 22.3. The molecule has 0 fully saturated rings. The van der Waals surface area contributed by atoms with E-state index in [0.717, 1.165) is 18.2 Å². The second kappa shape index (κ2) is 6.08. The number of carbonyl (C=O) groups is 2. The highest BCUT2D eigenvalue weighted by atomic mass is 19.1. The van der Waals surface area contributed by atoms with Crippen molar-refractivity contribution in [1.29, 1.82) is 0 Å². The van der Waals surface area contributed by atoms with Gasteiger partial charge in [0, 0.05) is 23.3 Å². The molecule has 0 spiro atoms. The molecule has 1 aromatic rings. The van der Waals surface area contributed by atoms with E-state index < -0.39 is 23.5 Å². The topological polar surface area (TPSA) is 66.4 Å². The average molecular weight is 269 g/mol. The van der Waals surface area contributed by atoms with Crippen LogP contribution >= 0.6 is 0 Å². The molecule has 1 aromatic carbocycles. The fourth-order valence-electron chi connectivity index (χ4n) is 1.32. The minimum absolute atomic E-state index is 0.00544. The van der Waals surface area contributed by atoms with Crippen LogP contribution in [0.15, 0.2) is 29.3 Å². The Labute approximate surface area is 108 Å². The van der Waals surface area contributed by atoms with Crippen molar-refractivity contribution in [1.82, 2.24) is 5.32 Å². The fourth-order valence-corrected chi connectivity index (χ4v) is 1.32. The van der Waals surface area contributed by atoms with Gasteiger partial charge in [-0.2, -0.15) is 0 Å². The van der Waals surface area contributed by atoms with Crippen LogP contribution in [0, 0.1) is 11.6 Å². The highest BCUT2D eigenvalue weighted by molar-refractivity contribution is 6.01. The Morgan fingerprint density at radius 3 is 2.42 bits per heavy atom. The van der Waals surface area contributed by atoms with Gasteiger partial charge in [0.05, 0.1) is 0 Å². The van der Waals surface area contributed by atoms with Crippen molar-refractivity contribution >= 4 is 11.9 Å². The summed E-state index contributed by atoms with van der Waals surface area (Å²) in [5, 5.41) is 11.1. The number of nitrogens with one attached hydrogen (secondary N) is 1. The largest absolute Gasteiger partial charge is 0.478 e. The molecule has 0 heterocycles. The molecule has 0 radical (unpaired) electrons. The number of hydrogen-bond donors (Lipinski definition) is 2. The number of benzene rings is 1. The highest BCUT2D eigenvalue weighted by Gasteiger charge is 2.13. The van der Waals surface area contributed by atoms with E-state index >= 15 is 0 Å². The molecule has 0 saturated heterocycles. The lowest BCUT2D eigenvalue weighted by atomic mass is 10.1. The molecule has 0 saturated carbocycles. The van der Waals surface area contributed by atoms with Crippen molar-refractivity contribution in [2.45, 2.75) is 20.4 Å². The summed E-state index contributed by atoms with van der Waals surface area (Å²) >= 11 is 0. The number of hydrogen-bond acceptors (Lipinski definition) is 2. The van der Waals surface area contributed by atoms with Crippen molar-refractivity contribution in [3.8, 4) is 0 Å². The van der Waals surface area contributed by atoms with Gasteiger partial charge in [-0.25, -0.2) is 13.6 Å². The molecule has 0 bridgehead atoms. The number of aliphatic carboxylic acids is 1. The van der Waals surface area contributed by atoms with Crippen LogP contribution in [-0.2, 0) is 16.1 Å². The van der Waals surface area contributed by atoms with Gasteiger partial charge >= 0.3 is 5.97 Å².